The molecule has 172 valence electrons. The van der Waals surface area contributed by atoms with Crippen molar-refractivity contribution in [2.75, 3.05) is 7.11 Å². The maximum absolute atomic E-state index is 12.5. The summed E-state index contributed by atoms with van der Waals surface area (Å²) in [5.41, 5.74) is 4.38. The molecule has 1 fully saturated rings. The van der Waals surface area contributed by atoms with E-state index in [4.69, 9.17) is 14.2 Å². The fourth-order valence-corrected chi connectivity index (χ4v) is 3.81. The number of methoxy groups -OCH3 is 1. The predicted octanol–water partition coefficient (Wildman–Crippen LogP) is 5.48. The first-order chi connectivity index (χ1) is 15.7. The zero-order chi connectivity index (χ0) is 23.6. The molecule has 6 heteroatoms. The lowest BCUT2D eigenvalue weighted by Gasteiger charge is -2.19. The summed E-state index contributed by atoms with van der Waals surface area (Å²) in [5, 5.41) is 8.38. The number of aryl methyl sites for hydroxylation is 1. The maximum Gasteiger partial charge on any atom is 0.310 e. The smallest absolute Gasteiger partial charge is 0.310 e. The SMILES string of the molecule is COc1ccc(-c2cnnc(COc3ccc(C)cc3)c2)cc1C1CC1C(=O)OC(C)(C)C. The molecule has 1 saturated carbocycles. The highest BCUT2D eigenvalue weighted by Crippen LogP contribution is 2.52. The minimum absolute atomic E-state index is 0.0916. The molecule has 1 heterocycles. The third-order valence-corrected chi connectivity index (χ3v) is 5.58. The zero-order valence-corrected chi connectivity index (χ0v) is 19.8. The van der Waals surface area contributed by atoms with Crippen LogP contribution in [-0.4, -0.2) is 28.9 Å². The predicted molar refractivity (Wildman–Crippen MR) is 126 cm³/mol. The Morgan fingerprint density at radius 2 is 1.82 bits per heavy atom. The van der Waals surface area contributed by atoms with Crippen LogP contribution in [0.25, 0.3) is 11.1 Å². The largest absolute Gasteiger partial charge is 0.496 e. The van der Waals surface area contributed by atoms with Gasteiger partial charge in [-0.25, -0.2) is 0 Å². The lowest BCUT2D eigenvalue weighted by Crippen LogP contribution is -2.25. The Labute approximate surface area is 194 Å². The van der Waals surface area contributed by atoms with Crippen LogP contribution in [0.2, 0.25) is 0 Å². The van der Waals surface area contributed by atoms with E-state index in [0.717, 1.165) is 40.3 Å². The van der Waals surface area contributed by atoms with E-state index in [1.54, 1.807) is 13.3 Å². The molecule has 1 aliphatic carbocycles. The number of nitrogens with zero attached hydrogens (tertiary/aromatic N) is 2. The van der Waals surface area contributed by atoms with Gasteiger partial charge in [0.1, 0.15) is 29.4 Å². The van der Waals surface area contributed by atoms with Crippen molar-refractivity contribution in [3.8, 4) is 22.6 Å². The van der Waals surface area contributed by atoms with E-state index in [0.29, 0.717) is 6.61 Å². The lowest BCUT2D eigenvalue weighted by molar-refractivity contribution is -0.156. The van der Waals surface area contributed by atoms with Gasteiger partial charge < -0.3 is 14.2 Å². The first-order valence-electron chi connectivity index (χ1n) is 11.2. The van der Waals surface area contributed by atoms with Crippen molar-refractivity contribution < 1.29 is 19.0 Å². The molecule has 0 saturated heterocycles. The van der Waals surface area contributed by atoms with Gasteiger partial charge in [-0.05, 0) is 75.6 Å². The van der Waals surface area contributed by atoms with Crippen molar-refractivity contribution >= 4 is 5.97 Å². The second-order valence-corrected chi connectivity index (χ2v) is 9.48. The molecule has 0 spiro atoms. The van der Waals surface area contributed by atoms with Crippen LogP contribution < -0.4 is 9.47 Å². The highest BCUT2D eigenvalue weighted by atomic mass is 16.6. The summed E-state index contributed by atoms with van der Waals surface area (Å²) >= 11 is 0. The van der Waals surface area contributed by atoms with Gasteiger partial charge in [-0.1, -0.05) is 23.8 Å². The number of benzene rings is 2. The monoisotopic (exact) mass is 446 g/mol. The van der Waals surface area contributed by atoms with Crippen LogP contribution in [0, 0.1) is 12.8 Å². The van der Waals surface area contributed by atoms with E-state index in [-0.39, 0.29) is 17.8 Å². The van der Waals surface area contributed by atoms with Crippen LogP contribution in [-0.2, 0) is 16.1 Å². The summed E-state index contributed by atoms with van der Waals surface area (Å²) in [7, 11) is 1.65. The van der Waals surface area contributed by atoms with E-state index in [2.05, 4.69) is 16.3 Å². The van der Waals surface area contributed by atoms with E-state index in [1.807, 2.05) is 70.2 Å². The summed E-state index contributed by atoms with van der Waals surface area (Å²) in [6.45, 7) is 8.04. The van der Waals surface area contributed by atoms with Crippen LogP contribution in [0.3, 0.4) is 0 Å². The van der Waals surface area contributed by atoms with E-state index >= 15 is 0 Å². The molecule has 2 atom stereocenters. The fourth-order valence-electron chi connectivity index (χ4n) is 3.81. The molecule has 0 amide bonds. The number of carbonyl (C=O) groups is 1. The number of ether oxygens (including phenoxy) is 3. The van der Waals surface area contributed by atoms with Crippen molar-refractivity contribution in [3.63, 3.8) is 0 Å². The molecule has 4 rings (SSSR count). The van der Waals surface area contributed by atoms with Gasteiger partial charge in [0, 0.05) is 11.5 Å². The molecule has 0 bridgehead atoms. The number of carbonyl (C=O) groups excluding carboxylic acids is 1. The van der Waals surface area contributed by atoms with E-state index in [1.165, 1.54) is 5.56 Å². The van der Waals surface area contributed by atoms with Crippen LogP contribution in [0.4, 0.5) is 0 Å². The summed E-state index contributed by atoms with van der Waals surface area (Å²) in [4.78, 5) is 12.5. The summed E-state index contributed by atoms with van der Waals surface area (Å²) in [6.07, 6.45) is 2.50. The second kappa shape index (κ2) is 9.22. The standard InChI is InChI=1S/C27H30N2O4/c1-17-6-9-21(10-7-17)32-16-20-12-19(15-28-29-20)18-8-11-25(31-5)23(13-18)22-14-24(22)26(30)33-27(2,3)4/h6-13,15,22,24H,14,16H2,1-5H3. The maximum atomic E-state index is 12.5. The van der Waals surface area contributed by atoms with Gasteiger partial charge in [0.25, 0.3) is 0 Å². The van der Waals surface area contributed by atoms with Gasteiger partial charge in [-0.3, -0.25) is 4.79 Å². The molecule has 3 aromatic rings. The van der Waals surface area contributed by atoms with Crippen molar-refractivity contribution in [2.45, 2.75) is 52.2 Å². The van der Waals surface area contributed by atoms with Crippen molar-refractivity contribution in [3.05, 3.63) is 71.5 Å². The molecule has 0 radical (unpaired) electrons. The molecule has 6 nitrogen and oxygen atoms in total. The van der Waals surface area contributed by atoms with E-state index in [9.17, 15) is 4.79 Å². The highest BCUT2D eigenvalue weighted by molar-refractivity contribution is 5.78. The Balaban J connectivity index is 1.51. The topological polar surface area (TPSA) is 70.5 Å². The third kappa shape index (κ3) is 5.69. The molecule has 2 aromatic carbocycles. The van der Waals surface area contributed by atoms with Gasteiger partial charge >= 0.3 is 5.97 Å². The summed E-state index contributed by atoms with van der Waals surface area (Å²) in [6, 6.07) is 15.9. The van der Waals surface area contributed by atoms with Crippen molar-refractivity contribution in [1.29, 1.82) is 0 Å². The minimum Gasteiger partial charge on any atom is -0.496 e. The first-order valence-corrected chi connectivity index (χ1v) is 11.2. The molecule has 0 aliphatic heterocycles. The van der Waals surface area contributed by atoms with Gasteiger partial charge in [0.05, 0.1) is 19.2 Å². The lowest BCUT2D eigenvalue weighted by atomic mass is 10.00. The van der Waals surface area contributed by atoms with Gasteiger partial charge in [0.15, 0.2) is 0 Å². The Hall–Kier alpha value is -3.41. The van der Waals surface area contributed by atoms with E-state index < -0.39 is 5.60 Å². The number of aromatic nitrogens is 2. The Bertz CT molecular complexity index is 1140. The molecular formula is C27H30N2O4. The van der Waals surface area contributed by atoms with Crippen LogP contribution in [0.5, 0.6) is 11.5 Å². The quantitative estimate of drug-likeness (QED) is 0.447. The molecular weight excluding hydrogens is 416 g/mol. The summed E-state index contributed by atoms with van der Waals surface area (Å²) in [5.74, 6) is 1.37. The minimum atomic E-state index is -0.490. The molecule has 0 N–H and O–H groups in total. The number of rotatable bonds is 7. The van der Waals surface area contributed by atoms with Crippen LogP contribution in [0.15, 0.2) is 54.7 Å². The van der Waals surface area contributed by atoms with Crippen LogP contribution >= 0.6 is 0 Å². The van der Waals surface area contributed by atoms with Crippen LogP contribution in [0.1, 0.15) is 49.9 Å². The first kappa shape index (κ1) is 22.8. The highest BCUT2D eigenvalue weighted by Gasteiger charge is 2.47. The van der Waals surface area contributed by atoms with Gasteiger partial charge in [-0.15, -0.1) is 0 Å². The Morgan fingerprint density at radius 1 is 1.06 bits per heavy atom. The van der Waals surface area contributed by atoms with Crippen molar-refractivity contribution in [1.82, 2.24) is 10.2 Å². The summed E-state index contributed by atoms with van der Waals surface area (Å²) < 4.78 is 17.0. The fraction of sp³-hybridized carbons (Fsp3) is 0.370. The van der Waals surface area contributed by atoms with Gasteiger partial charge in [-0.2, -0.15) is 10.2 Å². The second-order valence-electron chi connectivity index (χ2n) is 9.48. The van der Waals surface area contributed by atoms with Crippen molar-refractivity contribution in [2.24, 2.45) is 5.92 Å². The number of esters is 1. The average Bonchev–Trinajstić information content (AvgIpc) is 3.58. The third-order valence-electron chi connectivity index (χ3n) is 5.58. The zero-order valence-electron chi connectivity index (χ0n) is 19.8. The van der Waals surface area contributed by atoms with Gasteiger partial charge in [0.2, 0.25) is 0 Å². The molecule has 2 unspecified atom stereocenters. The Morgan fingerprint density at radius 3 is 2.52 bits per heavy atom. The number of hydrogen-bond donors (Lipinski definition) is 0. The molecule has 1 aliphatic rings. The molecule has 33 heavy (non-hydrogen) atoms. The number of hydrogen-bond acceptors (Lipinski definition) is 6. The Kier molecular flexibility index (Phi) is 6.36. The average molecular weight is 447 g/mol. The normalized spacial score (nSPS) is 17.4. The molecule has 1 aromatic heterocycles.